The summed E-state index contributed by atoms with van der Waals surface area (Å²) in [6, 6.07) is 22.2. The fourth-order valence-corrected chi connectivity index (χ4v) is 2.90. The highest BCUT2D eigenvalue weighted by Gasteiger charge is 2.06. The second kappa shape index (κ2) is 8.41. The van der Waals surface area contributed by atoms with Gasteiger partial charge in [-0.1, -0.05) is 57.4 Å². The second-order valence-electron chi connectivity index (χ2n) is 5.89. The Morgan fingerprint density at radius 2 is 1.68 bits per heavy atom. The highest BCUT2D eigenvalue weighted by molar-refractivity contribution is 9.10. The van der Waals surface area contributed by atoms with Crippen molar-refractivity contribution in [1.29, 1.82) is 0 Å². The van der Waals surface area contributed by atoms with E-state index < -0.39 is 0 Å². The van der Waals surface area contributed by atoms with E-state index in [0.29, 0.717) is 18.2 Å². The van der Waals surface area contributed by atoms with Crippen LogP contribution in [0.2, 0.25) is 5.02 Å². The highest BCUT2D eigenvalue weighted by atomic mass is 79.9. The number of nitrogens with one attached hydrogen (secondary N) is 1. The molecule has 3 rings (SSSR count). The maximum Gasteiger partial charge on any atom is 0.124 e. The molecular weight excluding hydrogens is 398 g/mol. The van der Waals surface area contributed by atoms with Gasteiger partial charge in [0.2, 0.25) is 0 Å². The molecular formula is C21H19BrClNO. The van der Waals surface area contributed by atoms with Crippen LogP contribution in [0.4, 0.5) is 5.69 Å². The molecule has 0 radical (unpaired) electrons. The molecule has 0 bridgehead atoms. The number of hydrogen-bond acceptors (Lipinski definition) is 2. The summed E-state index contributed by atoms with van der Waals surface area (Å²) >= 11 is 9.61. The topological polar surface area (TPSA) is 21.3 Å². The Morgan fingerprint density at radius 3 is 2.40 bits per heavy atom. The van der Waals surface area contributed by atoms with Crippen molar-refractivity contribution in [2.45, 2.75) is 20.1 Å². The summed E-state index contributed by atoms with van der Waals surface area (Å²) in [6.07, 6.45) is 0. The van der Waals surface area contributed by atoms with E-state index in [1.54, 1.807) is 0 Å². The Bertz CT molecular complexity index is 832. The zero-order valence-corrected chi connectivity index (χ0v) is 16.3. The van der Waals surface area contributed by atoms with Crippen LogP contribution in [0.5, 0.6) is 5.75 Å². The van der Waals surface area contributed by atoms with E-state index in [0.717, 1.165) is 27.0 Å². The average Bonchev–Trinajstić information content (AvgIpc) is 2.62. The smallest absolute Gasteiger partial charge is 0.124 e. The van der Waals surface area contributed by atoms with E-state index in [-0.39, 0.29) is 0 Å². The molecule has 0 aliphatic heterocycles. The van der Waals surface area contributed by atoms with Crippen LogP contribution in [0.25, 0.3) is 0 Å². The summed E-state index contributed by atoms with van der Waals surface area (Å²) in [5.74, 6) is 0.842. The van der Waals surface area contributed by atoms with Crippen LogP contribution in [-0.4, -0.2) is 0 Å². The predicted molar refractivity (Wildman–Crippen MR) is 108 cm³/mol. The summed E-state index contributed by atoms with van der Waals surface area (Å²) in [4.78, 5) is 0. The SMILES string of the molecule is Cc1ccc(COc2ccc(Cl)cc2CNc2ccc(Br)cc2)cc1. The van der Waals surface area contributed by atoms with Crippen LogP contribution in [0.1, 0.15) is 16.7 Å². The van der Waals surface area contributed by atoms with E-state index >= 15 is 0 Å². The molecule has 0 atom stereocenters. The molecule has 0 aromatic heterocycles. The largest absolute Gasteiger partial charge is 0.489 e. The van der Waals surface area contributed by atoms with Crippen molar-refractivity contribution in [3.8, 4) is 5.75 Å². The predicted octanol–water partition coefficient (Wildman–Crippen LogP) is 6.60. The first kappa shape index (κ1) is 17.8. The number of ether oxygens (including phenoxy) is 1. The van der Waals surface area contributed by atoms with Crippen molar-refractivity contribution >= 4 is 33.2 Å². The lowest BCUT2D eigenvalue weighted by molar-refractivity contribution is 0.303. The van der Waals surface area contributed by atoms with Gasteiger partial charge in [-0.2, -0.15) is 0 Å². The third kappa shape index (κ3) is 5.25. The lowest BCUT2D eigenvalue weighted by Gasteiger charge is -2.14. The van der Waals surface area contributed by atoms with Gasteiger partial charge >= 0.3 is 0 Å². The van der Waals surface area contributed by atoms with Crippen LogP contribution >= 0.6 is 27.5 Å². The number of halogens is 2. The maximum atomic E-state index is 6.16. The minimum absolute atomic E-state index is 0.535. The quantitative estimate of drug-likeness (QED) is 0.488. The van der Waals surface area contributed by atoms with Crippen molar-refractivity contribution < 1.29 is 4.74 Å². The monoisotopic (exact) mass is 415 g/mol. The van der Waals surface area contributed by atoms with Gasteiger partial charge in [-0.15, -0.1) is 0 Å². The Morgan fingerprint density at radius 1 is 0.960 bits per heavy atom. The van der Waals surface area contributed by atoms with E-state index in [4.69, 9.17) is 16.3 Å². The van der Waals surface area contributed by atoms with Gasteiger partial charge < -0.3 is 10.1 Å². The molecule has 2 nitrogen and oxygen atoms in total. The molecule has 4 heteroatoms. The van der Waals surface area contributed by atoms with Crippen molar-refractivity contribution in [3.05, 3.63) is 92.9 Å². The highest BCUT2D eigenvalue weighted by Crippen LogP contribution is 2.25. The van der Waals surface area contributed by atoms with Gasteiger partial charge in [0.05, 0.1) is 0 Å². The van der Waals surface area contributed by atoms with E-state index in [1.807, 2.05) is 42.5 Å². The molecule has 0 saturated heterocycles. The van der Waals surface area contributed by atoms with Crippen LogP contribution in [0.15, 0.2) is 71.2 Å². The van der Waals surface area contributed by atoms with E-state index in [2.05, 4.69) is 52.4 Å². The fourth-order valence-electron chi connectivity index (χ4n) is 2.44. The molecule has 1 N–H and O–H groups in total. The standard InChI is InChI=1S/C21H19BrClNO/c1-15-2-4-16(5-3-15)14-25-21-11-8-19(23)12-17(21)13-24-20-9-6-18(22)7-10-20/h2-12,24H,13-14H2,1H3. The fraction of sp³-hybridized carbons (Fsp3) is 0.143. The Balaban J connectivity index is 1.69. The van der Waals surface area contributed by atoms with Crippen molar-refractivity contribution in [2.75, 3.05) is 5.32 Å². The lowest BCUT2D eigenvalue weighted by atomic mass is 10.1. The second-order valence-corrected chi connectivity index (χ2v) is 7.24. The van der Waals surface area contributed by atoms with Crippen LogP contribution in [0.3, 0.4) is 0 Å². The van der Waals surface area contributed by atoms with Crippen LogP contribution < -0.4 is 10.1 Å². The minimum Gasteiger partial charge on any atom is -0.489 e. The third-order valence-corrected chi connectivity index (χ3v) is 4.63. The molecule has 128 valence electrons. The molecule has 25 heavy (non-hydrogen) atoms. The molecule has 0 spiro atoms. The zero-order valence-electron chi connectivity index (χ0n) is 13.9. The molecule has 0 amide bonds. The van der Waals surface area contributed by atoms with E-state index in [1.165, 1.54) is 5.56 Å². The normalized spacial score (nSPS) is 10.5. The number of benzene rings is 3. The van der Waals surface area contributed by atoms with Crippen LogP contribution in [-0.2, 0) is 13.2 Å². The summed E-state index contributed by atoms with van der Waals surface area (Å²) in [5.41, 5.74) is 4.47. The van der Waals surface area contributed by atoms with Gasteiger partial charge in [0, 0.05) is 27.3 Å². The van der Waals surface area contributed by atoms with Gasteiger partial charge in [-0.05, 0) is 55.0 Å². The van der Waals surface area contributed by atoms with Crippen molar-refractivity contribution in [1.82, 2.24) is 0 Å². The molecule has 0 aliphatic rings. The van der Waals surface area contributed by atoms with Gasteiger partial charge in [0.25, 0.3) is 0 Å². The molecule has 0 unspecified atom stereocenters. The summed E-state index contributed by atoms with van der Waals surface area (Å²) in [5, 5.41) is 4.11. The maximum absolute atomic E-state index is 6.16. The molecule has 3 aromatic carbocycles. The van der Waals surface area contributed by atoms with Gasteiger partial charge in [-0.3, -0.25) is 0 Å². The number of hydrogen-bond donors (Lipinski definition) is 1. The molecule has 0 saturated carbocycles. The third-order valence-electron chi connectivity index (χ3n) is 3.86. The number of rotatable bonds is 6. The molecule has 0 fully saturated rings. The average molecular weight is 417 g/mol. The summed E-state index contributed by atoms with van der Waals surface area (Å²) < 4.78 is 7.08. The first-order valence-electron chi connectivity index (χ1n) is 8.06. The van der Waals surface area contributed by atoms with Crippen molar-refractivity contribution in [3.63, 3.8) is 0 Å². The Kier molecular flexibility index (Phi) is 6.00. The summed E-state index contributed by atoms with van der Waals surface area (Å²) in [6.45, 7) is 3.26. The first-order valence-corrected chi connectivity index (χ1v) is 9.23. The number of anilines is 1. The molecule has 3 aromatic rings. The zero-order chi connectivity index (χ0) is 17.6. The van der Waals surface area contributed by atoms with Gasteiger partial charge in [0.1, 0.15) is 12.4 Å². The van der Waals surface area contributed by atoms with Crippen LogP contribution in [0, 0.1) is 6.92 Å². The number of aryl methyl sites for hydroxylation is 1. The van der Waals surface area contributed by atoms with E-state index in [9.17, 15) is 0 Å². The first-order chi connectivity index (χ1) is 12.1. The van der Waals surface area contributed by atoms with Gasteiger partial charge in [-0.25, -0.2) is 0 Å². The molecule has 0 aliphatic carbocycles. The Labute approximate surface area is 161 Å². The van der Waals surface area contributed by atoms with Crippen molar-refractivity contribution in [2.24, 2.45) is 0 Å². The molecule has 0 heterocycles. The van der Waals surface area contributed by atoms with Gasteiger partial charge in [0.15, 0.2) is 0 Å². The Hall–Kier alpha value is -1.97. The lowest BCUT2D eigenvalue weighted by Crippen LogP contribution is -2.04. The minimum atomic E-state index is 0.535. The summed E-state index contributed by atoms with van der Waals surface area (Å²) in [7, 11) is 0.